The number of hydrogen-bond acceptors (Lipinski definition) is 3. The minimum Gasteiger partial charge on any atom is -0.481 e. The third-order valence-electron chi connectivity index (χ3n) is 2.46. The Balaban J connectivity index is 2.78. The molecule has 92 valence electrons. The van der Waals surface area contributed by atoms with E-state index in [1.165, 1.54) is 0 Å². The van der Waals surface area contributed by atoms with Crippen LogP contribution < -0.4 is 11.1 Å². The molecular weight excluding hydrogens is 220 g/mol. The monoisotopic (exact) mass is 236 g/mol. The van der Waals surface area contributed by atoms with Crippen LogP contribution in [0.15, 0.2) is 18.2 Å². The maximum Gasteiger partial charge on any atom is 0.305 e. The van der Waals surface area contributed by atoms with Gasteiger partial charge in [-0.25, -0.2) is 0 Å². The second-order valence-electron chi connectivity index (χ2n) is 3.96. The number of aliphatic carboxylic acids is 1. The SMILES string of the molecule is Cc1cccc(C)c1NC(=O)C(N)CC(=O)O. The standard InChI is InChI=1S/C12H16N2O3/c1-7-4-3-5-8(2)11(7)14-12(17)9(13)6-10(15)16/h3-5,9H,6,13H2,1-2H3,(H,14,17)(H,15,16). The lowest BCUT2D eigenvalue weighted by atomic mass is 10.1. The van der Waals surface area contributed by atoms with Crippen LogP contribution in [0.1, 0.15) is 17.5 Å². The fourth-order valence-corrected chi connectivity index (χ4v) is 1.51. The Morgan fingerprint density at radius 2 is 1.88 bits per heavy atom. The number of carbonyl (C=O) groups excluding carboxylic acids is 1. The van der Waals surface area contributed by atoms with Crippen molar-refractivity contribution in [3.8, 4) is 0 Å². The van der Waals surface area contributed by atoms with Crippen molar-refractivity contribution in [2.45, 2.75) is 26.3 Å². The Labute approximate surface area is 99.6 Å². The molecule has 5 heteroatoms. The van der Waals surface area contributed by atoms with E-state index in [-0.39, 0.29) is 6.42 Å². The Kier molecular flexibility index (Phi) is 4.23. The lowest BCUT2D eigenvalue weighted by molar-refractivity contribution is -0.138. The van der Waals surface area contributed by atoms with E-state index in [2.05, 4.69) is 5.32 Å². The summed E-state index contributed by atoms with van der Waals surface area (Å²) < 4.78 is 0. The van der Waals surface area contributed by atoms with Crippen molar-refractivity contribution in [1.29, 1.82) is 0 Å². The van der Waals surface area contributed by atoms with Crippen LogP contribution in [0, 0.1) is 13.8 Å². The molecule has 4 N–H and O–H groups in total. The molecule has 0 aliphatic carbocycles. The Hall–Kier alpha value is -1.88. The normalized spacial score (nSPS) is 11.9. The van der Waals surface area contributed by atoms with Crippen molar-refractivity contribution < 1.29 is 14.7 Å². The number of nitrogens with two attached hydrogens (primary N) is 1. The molecule has 0 radical (unpaired) electrons. The first-order valence-electron chi connectivity index (χ1n) is 5.26. The molecule has 0 spiro atoms. The van der Waals surface area contributed by atoms with E-state index in [9.17, 15) is 9.59 Å². The van der Waals surface area contributed by atoms with Crippen molar-refractivity contribution in [2.75, 3.05) is 5.32 Å². The Bertz CT molecular complexity index is 423. The maximum absolute atomic E-state index is 11.7. The number of anilines is 1. The van der Waals surface area contributed by atoms with Gasteiger partial charge >= 0.3 is 5.97 Å². The second-order valence-corrected chi connectivity index (χ2v) is 3.96. The molecule has 0 fully saturated rings. The number of nitrogens with one attached hydrogen (secondary N) is 1. The summed E-state index contributed by atoms with van der Waals surface area (Å²) in [6.45, 7) is 3.73. The molecular formula is C12H16N2O3. The summed E-state index contributed by atoms with van der Waals surface area (Å²) in [5.41, 5.74) is 8.00. The lowest BCUT2D eigenvalue weighted by Crippen LogP contribution is -2.37. The molecule has 0 aromatic heterocycles. The first-order chi connectivity index (χ1) is 7.91. The fraction of sp³-hybridized carbons (Fsp3) is 0.333. The quantitative estimate of drug-likeness (QED) is 0.728. The molecule has 17 heavy (non-hydrogen) atoms. The average Bonchev–Trinajstić information content (AvgIpc) is 2.22. The predicted octanol–water partition coefficient (Wildman–Crippen LogP) is 1.04. The third-order valence-corrected chi connectivity index (χ3v) is 2.46. The molecule has 0 heterocycles. The van der Waals surface area contributed by atoms with Crippen LogP contribution in [0.2, 0.25) is 0 Å². The first kappa shape index (κ1) is 13.2. The highest BCUT2D eigenvalue weighted by molar-refractivity contribution is 5.97. The van der Waals surface area contributed by atoms with Crippen LogP contribution in [0.25, 0.3) is 0 Å². The highest BCUT2D eigenvalue weighted by Gasteiger charge is 2.18. The van der Waals surface area contributed by atoms with Crippen LogP contribution >= 0.6 is 0 Å². The molecule has 0 saturated heterocycles. The van der Waals surface area contributed by atoms with Gasteiger partial charge in [-0.2, -0.15) is 0 Å². The lowest BCUT2D eigenvalue weighted by Gasteiger charge is -2.14. The van der Waals surface area contributed by atoms with Crippen LogP contribution in [-0.4, -0.2) is 23.0 Å². The van der Waals surface area contributed by atoms with E-state index < -0.39 is 17.9 Å². The second kappa shape index (κ2) is 5.45. The topological polar surface area (TPSA) is 92.4 Å². The summed E-state index contributed by atoms with van der Waals surface area (Å²) in [5.74, 6) is -1.57. The van der Waals surface area contributed by atoms with Crippen molar-refractivity contribution in [3.05, 3.63) is 29.3 Å². The van der Waals surface area contributed by atoms with Gasteiger partial charge in [0.15, 0.2) is 0 Å². The van der Waals surface area contributed by atoms with E-state index >= 15 is 0 Å². The zero-order valence-corrected chi connectivity index (χ0v) is 9.86. The number of aryl methyl sites for hydroxylation is 2. The van der Waals surface area contributed by atoms with Gasteiger partial charge in [-0.3, -0.25) is 9.59 Å². The molecule has 0 aliphatic heterocycles. The van der Waals surface area contributed by atoms with Gasteiger partial charge in [0.2, 0.25) is 5.91 Å². The van der Waals surface area contributed by atoms with Crippen molar-refractivity contribution in [1.82, 2.24) is 0 Å². The zero-order chi connectivity index (χ0) is 13.0. The molecule has 1 rings (SSSR count). The molecule has 5 nitrogen and oxygen atoms in total. The van der Waals surface area contributed by atoms with E-state index in [4.69, 9.17) is 10.8 Å². The molecule has 1 atom stereocenters. The predicted molar refractivity (Wildman–Crippen MR) is 64.8 cm³/mol. The summed E-state index contributed by atoms with van der Waals surface area (Å²) >= 11 is 0. The summed E-state index contributed by atoms with van der Waals surface area (Å²) in [4.78, 5) is 22.1. The number of benzene rings is 1. The minimum atomic E-state index is -1.09. The first-order valence-corrected chi connectivity index (χ1v) is 5.26. The van der Waals surface area contributed by atoms with Crippen LogP contribution in [0.5, 0.6) is 0 Å². The highest BCUT2D eigenvalue weighted by atomic mass is 16.4. The smallest absolute Gasteiger partial charge is 0.305 e. The van der Waals surface area contributed by atoms with E-state index in [0.29, 0.717) is 5.69 Å². The van der Waals surface area contributed by atoms with Gasteiger partial charge in [0.25, 0.3) is 0 Å². The highest BCUT2D eigenvalue weighted by Crippen LogP contribution is 2.19. The summed E-state index contributed by atoms with van der Waals surface area (Å²) in [5, 5.41) is 11.2. The van der Waals surface area contributed by atoms with Gasteiger partial charge in [-0.05, 0) is 25.0 Å². The van der Waals surface area contributed by atoms with Crippen molar-refractivity contribution in [2.24, 2.45) is 5.73 Å². The van der Waals surface area contributed by atoms with Gasteiger partial charge in [0, 0.05) is 5.69 Å². The Morgan fingerprint density at radius 3 is 2.35 bits per heavy atom. The van der Waals surface area contributed by atoms with Crippen LogP contribution in [-0.2, 0) is 9.59 Å². The Morgan fingerprint density at radius 1 is 1.35 bits per heavy atom. The molecule has 1 unspecified atom stereocenters. The molecule has 0 saturated carbocycles. The third kappa shape index (κ3) is 3.57. The van der Waals surface area contributed by atoms with Gasteiger partial charge in [-0.1, -0.05) is 18.2 Å². The molecule has 1 aromatic carbocycles. The van der Waals surface area contributed by atoms with Gasteiger partial charge in [0.1, 0.15) is 0 Å². The number of para-hydroxylation sites is 1. The molecule has 1 aromatic rings. The molecule has 1 amide bonds. The van der Waals surface area contributed by atoms with E-state index in [1.54, 1.807) is 0 Å². The number of carboxylic acid groups (broad SMARTS) is 1. The van der Waals surface area contributed by atoms with Gasteiger partial charge in [-0.15, -0.1) is 0 Å². The van der Waals surface area contributed by atoms with Gasteiger partial charge < -0.3 is 16.2 Å². The van der Waals surface area contributed by atoms with E-state index in [1.807, 2.05) is 32.0 Å². The maximum atomic E-state index is 11.7. The van der Waals surface area contributed by atoms with Crippen LogP contribution in [0.4, 0.5) is 5.69 Å². The van der Waals surface area contributed by atoms with Crippen molar-refractivity contribution in [3.63, 3.8) is 0 Å². The number of hydrogen-bond donors (Lipinski definition) is 3. The summed E-state index contributed by atoms with van der Waals surface area (Å²) in [6.07, 6.45) is -0.378. The van der Waals surface area contributed by atoms with Crippen molar-refractivity contribution >= 4 is 17.6 Å². The number of amides is 1. The van der Waals surface area contributed by atoms with E-state index in [0.717, 1.165) is 11.1 Å². The molecule has 0 aliphatic rings. The zero-order valence-electron chi connectivity index (χ0n) is 9.86. The molecule has 0 bridgehead atoms. The number of rotatable bonds is 4. The number of carboxylic acids is 1. The fourth-order valence-electron chi connectivity index (χ4n) is 1.51. The minimum absolute atomic E-state index is 0.378. The van der Waals surface area contributed by atoms with Crippen LogP contribution in [0.3, 0.4) is 0 Å². The summed E-state index contributed by atoms with van der Waals surface area (Å²) in [6, 6.07) is 4.58. The number of carbonyl (C=O) groups is 2. The average molecular weight is 236 g/mol. The van der Waals surface area contributed by atoms with Gasteiger partial charge in [0.05, 0.1) is 12.5 Å². The largest absolute Gasteiger partial charge is 0.481 e. The summed E-state index contributed by atoms with van der Waals surface area (Å²) in [7, 11) is 0.